The number of hydrogen-bond acceptors (Lipinski definition) is 1. The monoisotopic (exact) mass is 171 g/mol. The van der Waals surface area contributed by atoms with Gasteiger partial charge in [0.15, 0.2) is 0 Å². The van der Waals surface area contributed by atoms with Crippen LogP contribution in [0.25, 0.3) is 0 Å². The first-order chi connectivity index (χ1) is 5.57. The zero-order valence-electron chi connectivity index (χ0n) is 9.43. The maximum absolute atomic E-state index is 2.47. The van der Waals surface area contributed by atoms with Gasteiger partial charge in [-0.05, 0) is 26.3 Å². The summed E-state index contributed by atoms with van der Waals surface area (Å²) in [6.45, 7) is 10.4. The first-order valence-corrected chi connectivity index (χ1v) is 5.28. The third kappa shape index (κ3) is 5.59. The van der Waals surface area contributed by atoms with Crippen molar-refractivity contribution < 1.29 is 0 Å². The quantitative estimate of drug-likeness (QED) is 0.593. The lowest BCUT2D eigenvalue weighted by molar-refractivity contribution is 0.218. The summed E-state index contributed by atoms with van der Waals surface area (Å²) in [5, 5.41) is 0. The number of unbranched alkanes of at least 4 members (excludes halogenated alkanes) is 1. The van der Waals surface area contributed by atoms with E-state index in [4.69, 9.17) is 0 Å². The first-order valence-electron chi connectivity index (χ1n) is 5.28. The molecule has 74 valence electrons. The highest BCUT2D eigenvalue weighted by Crippen LogP contribution is 2.08. The van der Waals surface area contributed by atoms with Crippen LogP contribution in [0.3, 0.4) is 0 Å². The summed E-state index contributed by atoms with van der Waals surface area (Å²) in [5.74, 6) is 0.791. The molecule has 1 unspecified atom stereocenters. The summed E-state index contributed by atoms with van der Waals surface area (Å²) in [5.41, 5.74) is 0. The summed E-state index contributed by atoms with van der Waals surface area (Å²) < 4.78 is 0. The molecule has 1 nitrogen and oxygen atoms in total. The maximum Gasteiger partial charge on any atom is 0.00639 e. The largest absolute Gasteiger partial charge is 0.303 e. The third-order valence-corrected chi connectivity index (χ3v) is 2.38. The molecular weight excluding hydrogens is 146 g/mol. The van der Waals surface area contributed by atoms with Gasteiger partial charge in [-0.15, -0.1) is 0 Å². The summed E-state index contributed by atoms with van der Waals surface area (Å²) in [4.78, 5) is 2.47. The van der Waals surface area contributed by atoms with Gasteiger partial charge in [-0.25, -0.2) is 0 Å². The molecule has 0 aromatic heterocycles. The third-order valence-electron chi connectivity index (χ3n) is 2.38. The molecular formula is C11H25N. The Morgan fingerprint density at radius 2 is 1.75 bits per heavy atom. The fourth-order valence-electron chi connectivity index (χ4n) is 1.48. The summed E-state index contributed by atoms with van der Waals surface area (Å²) in [7, 11) is 2.24. The van der Waals surface area contributed by atoms with Crippen LogP contribution in [0.4, 0.5) is 0 Å². The second-order valence-electron chi connectivity index (χ2n) is 4.32. The van der Waals surface area contributed by atoms with Crippen molar-refractivity contribution in [2.75, 3.05) is 13.6 Å². The molecule has 0 heterocycles. The van der Waals surface area contributed by atoms with E-state index < -0.39 is 0 Å². The van der Waals surface area contributed by atoms with E-state index in [1.807, 2.05) is 0 Å². The van der Waals surface area contributed by atoms with Crippen molar-refractivity contribution in [2.24, 2.45) is 5.92 Å². The molecule has 0 saturated heterocycles. The molecule has 1 atom stereocenters. The van der Waals surface area contributed by atoms with Gasteiger partial charge in [0, 0.05) is 12.6 Å². The van der Waals surface area contributed by atoms with E-state index >= 15 is 0 Å². The molecule has 0 radical (unpaired) electrons. The normalized spacial score (nSPS) is 14.2. The number of rotatable bonds is 6. The van der Waals surface area contributed by atoms with Crippen LogP contribution in [0, 0.1) is 5.92 Å². The highest BCUT2D eigenvalue weighted by molar-refractivity contribution is 4.64. The van der Waals surface area contributed by atoms with Crippen molar-refractivity contribution in [2.45, 2.75) is 53.0 Å². The van der Waals surface area contributed by atoms with Crippen LogP contribution in [0.5, 0.6) is 0 Å². The van der Waals surface area contributed by atoms with Crippen molar-refractivity contribution in [3.05, 3.63) is 0 Å². The van der Waals surface area contributed by atoms with Gasteiger partial charge in [0.25, 0.3) is 0 Å². The van der Waals surface area contributed by atoms with E-state index in [1.165, 1.54) is 25.8 Å². The molecule has 0 rings (SSSR count). The van der Waals surface area contributed by atoms with Crippen LogP contribution in [-0.2, 0) is 0 Å². The van der Waals surface area contributed by atoms with Crippen LogP contribution in [0.1, 0.15) is 47.0 Å². The molecule has 0 N–H and O–H groups in total. The molecule has 0 aromatic carbocycles. The van der Waals surface area contributed by atoms with Crippen molar-refractivity contribution in [1.82, 2.24) is 4.90 Å². The topological polar surface area (TPSA) is 3.24 Å². The Morgan fingerprint density at radius 1 is 1.17 bits per heavy atom. The Bertz CT molecular complexity index is 99.2. The van der Waals surface area contributed by atoms with Crippen LogP contribution < -0.4 is 0 Å². The SMILES string of the molecule is CCCCC(C)N(C)CC(C)C. The zero-order chi connectivity index (χ0) is 9.56. The van der Waals surface area contributed by atoms with Crippen LogP contribution in [0.2, 0.25) is 0 Å². The minimum atomic E-state index is 0.757. The van der Waals surface area contributed by atoms with Crippen molar-refractivity contribution in [3.8, 4) is 0 Å². The minimum Gasteiger partial charge on any atom is -0.303 e. The molecule has 0 aliphatic rings. The van der Waals surface area contributed by atoms with E-state index in [1.54, 1.807) is 0 Å². The maximum atomic E-state index is 2.47. The van der Waals surface area contributed by atoms with Gasteiger partial charge in [-0.2, -0.15) is 0 Å². The fourth-order valence-corrected chi connectivity index (χ4v) is 1.48. The molecule has 0 saturated carbocycles. The molecule has 1 heteroatoms. The molecule has 12 heavy (non-hydrogen) atoms. The number of hydrogen-bond donors (Lipinski definition) is 0. The Morgan fingerprint density at radius 3 is 2.17 bits per heavy atom. The smallest absolute Gasteiger partial charge is 0.00639 e. The number of nitrogens with zero attached hydrogens (tertiary/aromatic N) is 1. The Hall–Kier alpha value is -0.0400. The fraction of sp³-hybridized carbons (Fsp3) is 1.00. The zero-order valence-corrected chi connectivity index (χ0v) is 9.43. The standard InChI is InChI=1S/C11H25N/c1-6-7-8-11(4)12(5)9-10(2)3/h10-11H,6-9H2,1-5H3. The van der Waals surface area contributed by atoms with Gasteiger partial charge in [0.2, 0.25) is 0 Å². The minimum absolute atomic E-state index is 0.757. The van der Waals surface area contributed by atoms with Gasteiger partial charge in [0.05, 0.1) is 0 Å². The second-order valence-corrected chi connectivity index (χ2v) is 4.32. The Kier molecular flexibility index (Phi) is 6.45. The average molecular weight is 171 g/mol. The predicted octanol–water partition coefficient (Wildman–Crippen LogP) is 3.15. The van der Waals surface area contributed by atoms with E-state index in [0.29, 0.717) is 0 Å². The predicted molar refractivity (Wildman–Crippen MR) is 56.5 cm³/mol. The summed E-state index contributed by atoms with van der Waals surface area (Å²) >= 11 is 0. The van der Waals surface area contributed by atoms with Crippen LogP contribution in [0.15, 0.2) is 0 Å². The lowest BCUT2D eigenvalue weighted by atomic mass is 10.1. The van der Waals surface area contributed by atoms with E-state index in [0.717, 1.165) is 12.0 Å². The Balaban J connectivity index is 3.53. The van der Waals surface area contributed by atoms with Crippen molar-refractivity contribution >= 4 is 0 Å². The van der Waals surface area contributed by atoms with Crippen LogP contribution >= 0.6 is 0 Å². The van der Waals surface area contributed by atoms with Crippen molar-refractivity contribution in [3.63, 3.8) is 0 Å². The van der Waals surface area contributed by atoms with Crippen LogP contribution in [-0.4, -0.2) is 24.5 Å². The molecule has 0 aromatic rings. The summed E-state index contributed by atoms with van der Waals surface area (Å²) in [6, 6.07) is 0.757. The molecule has 0 fully saturated rings. The lowest BCUT2D eigenvalue weighted by Crippen LogP contribution is -2.32. The van der Waals surface area contributed by atoms with Gasteiger partial charge >= 0.3 is 0 Å². The molecule has 0 aliphatic carbocycles. The summed E-state index contributed by atoms with van der Waals surface area (Å²) in [6.07, 6.45) is 4.03. The molecule has 0 bridgehead atoms. The van der Waals surface area contributed by atoms with E-state index in [2.05, 4.69) is 39.6 Å². The van der Waals surface area contributed by atoms with Gasteiger partial charge in [0.1, 0.15) is 0 Å². The first kappa shape index (κ1) is 12.0. The molecule has 0 amide bonds. The van der Waals surface area contributed by atoms with E-state index in [-0.39, 0.29) is 0 Å². The second kappa shape index (κ2) is 6.47. The lowest BCUT2D eigenvalue weighted by Gasteiger charge is -2.26. The highest BCUT2D eigenvalue weighted by atomic mass is 15.1. The van der Waals surface area contributed by atoms with E-state index in [9.17, 15) is 0 Å². The Labute approximate surface area is 78.1 Å². The highest BCUT2D eigenvalue weighted by Gasteiger charge is 2.08. The molecule has 0 aliphatic heterocycles. The molecule has 0 spiro atoms. The van der Waals surface area contributed by atoms with Gasteiger partial charge < -0.3 is 4.90 Å². The van der Waals surface area contributed by atoms with Gasteiger partial charge in [-0.3, -0.25) is 0 Å². The van der Waals surface area contributed by atoms with Gasteiger partial charge in [-0.1, -0.05) is 33.6 Å². The average Bonchev–Trinajstić information content (AvgIpc) is 1.98. The van der Waals surface area contributed by atoms with Crippen molar-refractivity contribution in [1.29, 1.82) is 0 Å².